The van der Waals surface area contributed by atoms with Crippen LogP contribution in [0.4, 0.5) is 5.69 Å². The van der Waals surface area contributed by atoms with Crippen molar-refractivity contribution in [3.8, 4) is 5.75 Å². The van der Waals surface area contributed by atoms with Crippen LogP contribution in [0.1, 0.15) is 18.4 Å². The second kappa shape index (κ2) is 4.78. The first kappa shape index (κ1) is 15.2. The number of phenols is 1. The highest BCUT2D eigenvalue weighted by Gasteiger charge is 2.73. The SMILES string of the molecule is O=C1[C@@H]2[C@@H](C(=O)N1/N=C\c1cc([N+](=O)[O-])ccc1O)[C@@H]1C=C[C@H]2C12CC2. The maximum Gasteiger partial charge on any atom is 0.270 e. The summed E-state index contributed by atoms with van der Waals surface area (Å²) >= 11 is 0. The molecular weight excluding hydrogens is 338 g/mol. The summed E-state index contributed by atoms with van der Waals surface area (Å²) in [7, 11) is 0. The maximum absolute atomic E-state index is 12.8. The van der Waals surface area contributed by atoms with E-state index in [4.69, 9.17) is 0 Å². The summed E-state index contributed by atoms with van der Waals surface area (Å²) < 4.78 is 0. The zero-order valence-corrected chi connectivity index (χ0v) is 13.6. The highest BCUT2D eigenvalue weighted by molar-refractivity contribution is 6.07. The van der Waals surface area contributed by atoms with Crippen LogP contribution in [0.25, 0.3) is 0 Å². The van der Waals surface area contributed by atoms with E-state index in [0.29, 0.717) is 0 Å². The Labute approximate surface area is 147 Å². The molecule has 2 bridgehead atoms. The summed E-state index contributed by atoms with van der Waals surface area (Å²) in [4.78, 5) is 35.8. The normalized spacial score (nSPS) is 32.8. The number of nitro groups is 1. The van der Waals surface area contributed by atoms with Crippen molar-refractivity contribution in [1.82, 2.24) is 5.01 Å². The third-order valence-corrected chi connectivity index (χ3v) is 6.36. The number of allylic oxidation sites excluding steroid dienone is 2. The van der Waals surface area contributed by atoms with E-state index >= 15 is 0 Å². The molecule has 1 aromatic carbocycles. The van der Waals surface area contributed by atoms with Crippen LogP contribution in [0, 0.1) is 39.2 Å². The topological polar surface area (TPSA) is 113 Å². The van der Waals surface area contributed by atoms with Crippen molar-refractivity contribution in [2.24, 2.45) is 34.2 Å². The number of fused-ring (bicyclic) bond motifs is 3. The monoisotopic (exact) mass is 353 g/mol. The molecule has 2 amide bonds. The van der Waals surface area contributed by atoms with Gasteiger partial charge in [-0.05, 0) is 36.2 Å². The van der Waals surface area contributed by atoms with Gasteiger partial charge in [-0.3, -0.25) is 19.7 Å². The summed E-state index contributed by atoms with van der Waals surface area (Å²) in [5.41, 5.74) is -0.0101. The number of nitro benzene ring substituents is 1. The molecule has 4 atom stereocenters. The first-order valence-corrected chi connectivity index (χ1v) is 8.51. The molecule has 132 valence electrons. The van der Waals surface area contributed by atoms with Crippen molar-refractivity contribution in [3.63, 3.8) is 0 Å². The minimum absolute atomic E-state index is 0.0802. The third-order valence-electron chi connectivity index (χ3n) is 6.36. The number of imide groups is 1. The molecule has 4 aliphatic rings. The van der Waals surface area contributed by atoms with E-state index in [1.54, 1.807) is 0 Å². The van der Waals surface area contributed by atoms with Crippen LogP contribution < -0.4 is 0 Å². The Morgan fingerprint density at radius 3 is 2.35 bits per heavy atom. The number of non-ortho nitro benzene ring substituents is 1. The van der Waals surface area contributed by atoms with Gasteiger partial charge in [0.05, 0.1) is 23.0 Å². The zero-order chi connectivity index (χ0) is 18.2. The van der Waals surface area contributed by atoms with Crippen molar-refractivity contribution >= 4 is 23.7 Å². The minimum Gasteiger partial charge on any atom is -0.507 e. The maximum atomic E-state index is 12.8. The van der Waals surface area contributed by atoms with Gasteiger partial charge in [-0.1, -0.05) is 12.2 Å². The smallest absolute Gasteiger partial charge is 0.270 e. The summed E-state index contributed by atoms with van der Waals surface area (Å²) in [6.07, 6.45) is 7.40. The van der Waals surface area contributed by atoms with E-state index in [1.807, 2.05) is 0 Å². The van der Waals surface area contributed by atoms with Gasteiger partial charge in [-0.2, -0.15) is 10.1 Å². The Kier molecular flexibility index (Phi) is 2.80. The molecule has 0 radical (unpaired) electrons. The average molecular weight is 353 g/mol. The van der Waals surface area contributed by atoms with E-state index in [-0.39, 0.29) is 57.9 Å². The van der Waals surface area contributed by atoms with Gasteiger partial charge in [0.1, 0.15) is 5.75 Å². The Morgan fingerprint density at radius 1 is 1.19 bits per heavy atom. The largest absolute Gasteiger partial charge is 0.507 e. The summed E-state index contributed by atoms with van der Waals surface area (Å²) in [6, 6.07) is 3.50. The number of hydrogen-bond acceptors (Lipinski definition) is 6. The lowest BCUT2D eigenvalue weighted by atomic mass is 9.85. The predicted octanol–water partition coefficient (Wildman–Crippen LogP) is 1.83. The lowest BCUT2D eigenvalue weighted by Gasteiger charge is -2.18. The first-order chi connectivity index (χ1) is 12.4. The molecule has 0 aromatic heterocycles. The van der Waals surface area contributed by atoms with E-state index in [0.717, 1.165) is 30.1 Å². The Morgan fingerprint density at radius 2 is 1.81 bits per heavy atom. The van der Waals surface area contributed by atoms with E-state index in [2.05, 4.69) is 17.3 Å². The molecule has 5 rings (SSSR count). The molecular formula is C18H15N3O5. The summed E-state index contributed by atoms with van der Waals surface area (Å²) in [6.45, 7) is 0. The fourth-order valence-electron chi connectivity index (χ4n) is 5.06. The van der Waals surface area contributed by atoms with Crippen LogP contribution in [-0.4, -0.2) is 33.1 Å². The molecule has 2 saturated carbocycles. The van der Waals surface area contributed by atoms with E-state index in [9.17, 15) is 24.8 Å². The molecule has 1 spiro atoms. The van der Waals surface area contributed by atoms with Gasteiger partial charge in [-0.15, -0.1) is 0 Å². The van der Waals surface area contributed by atoms with Crippen molar-refractivity contribution in [3.05, 3.63) is 46.0 Å². The number of phenolic OH excluding ortho intramolecular Hbond substituents is 1. The van der Waals surface area contributed by atoms with Crippen LogP contribution >= 0.6 is 0 Å². The number of nitrogens with zero attached hydrogens (tertiary/aromatic N) is 3. The van der Waals surface area contributed by atoms with E-state index in [1.165, 1.54) is 12.1 Å². The lowest BCUT2D eigenvalue weighted by Crippen LogP contribution is -2.30. The molecule has 1 heterocycles. The lowest BCUT2D eigenvalue weighted by molar-refractivity contribution is -0.384. The number of benzene rings is 1. The van der Waals surface area contributed by atoms with Crippen LogP contribution in [0.5, 0.6) is 5.75 Å². The van der Waals surface area contributed by atoms with Crippen molar-refractivity contribution in [2.75, 3.05) is 0 Å². The van der Waals surface area contributed by atoms with Gasteiger partial charge in [0, 0.05) is 17.7 Å². The molecule has 3 aliphatic carbocycles. The van der Waals surface area contributed by atoms with Crippen LogP contribution in [-0.2, 0) is 9.59 Å². The molecule has 0 unspecified atom stereocenters. The number of carbonyl (C=O) groups excluding carboxylic acids is 2. The molecule has 8 heteroatoms. The standard InChI is InChI=1S/C18H15N3O5/c22-13-4-1-10(21(25)26)7-9(13)8-19-20-16(23)14-11-2-3-12(15(14)17(20)24)18(11)5-6-18/h1-4,7-8,11-12,14-15,22H,5-6H2/b19-8-/t11-,12+,14-,15-/m0/s1. The fourth-order valence-corrected chi connectivity index (χ4v) is 5.06. The highest BCUT2D eigenvalue weighted by atomic mass is 16.6. The van der Waals surface area contributed by atoms with Crippen molar-refractivity contribution in [1.29, 1.82) is 0 Å². The van der Waals surface area contributed by atoms with Crippen LogP contribution in [0.15, 0.2) is 35.5 Å². The third kappa shape index (κ3) is 1.76. The van der Waals surface area contributed by atoms with E-state index < -0.39 is 4.92 Å². The minimum atomic E-state index is -0.591. The zero-order valence-electron chi connectivity index (χ0n) is 13.6. The van der Waals surface area contributed by atoms with Gasteiger partial charge >= 0.3 is 0 Å². The van der Waals surface area contributed by atoms with Crippen molar-refractivity contribution in [2.45, 2.75) is 12.8 Å². The Balaban J connectivity index is 1.44. The molecule has 8 nitrogen and oxygen atoms in total. The summed E-state index contributed by atoms with van der Waals surface area (Å²) in [5.74, 6) is -1.32. The number of amides is 2. The van der Waals surface area contributed by atoms with Crippen LogP contribution in [0.2, 0.25) is 0 Å². The van der Waals surface area contributed by atoms with Crippen LogP contribution in [0.3, 0.4) is 0 Å². The fraction of sp³-hybridized carbons (Fsp3) is 0.389. The predicted molar refractivity (Wildman–Crippen MR) is 89.0 cm³/mol. The number of hydrazone groups is 1. The molecule has 3 fully saturated rings. The molecule has 1 aromatic rings. The number of rotatable bonds is 3. The Bertz CT molecular complexity index is 899. The van der Waals surface area contributed by atoms with Gasteiger partial charge in [0.25, 0.3) is 17.5 Å². The number of carbonyl (C=O) groups is 2. The van der Waals surface area contributed by atoms with Gasteiger partial charge in [-0.25, -0.2) is 0 Å². The number of hydrogen-bond donors (Lipinski definition) is 1. The first-order valence-electron chi connectivity index (χ1n) is 8.51. The van der Waals surface area contributed by atoms with Gasteiger partial charge < -0.3 is 5.11 Å². The molecule has 26 heavy (non-hydrogen) atoms. The second-order valence-electron chi connectivity index (χ2n) is 7.45. The highest BCUT2D eigenvalue weighted by Crippen LogP contribution is 2.73. The number of aromatic hydroxyl groups is 1. The molecule has 1 N–H and O–H groups in total. The quantitative estimate of drug-likeness (QED) is 0.293. The summed E-state index contributed by atoms with van der Waals surface area (Å²) in [5, 5.41) is 25.5. The Hall–Kier alpha value is -3.03. The van der Waals surface area contributed by atoms with Gasteiger partial charge in [0.2, 0.25) is 0 Å². The molecule has 1 saturated heterocycles. The van der Waals surface area contributed by atoms with Gasteiger partial charge in [0.15, 0.2) is 0 Å². The van der Waals surface area contributed by atoms with Crippen molar-refractivity contribution < 1.29 is 19.6 Å². The average Bonchev–Trinajstić information content (AvgIpc) is 3.21. The molecule has 1 aliphatic heterocycles. The second-order valence-corrected chi connectivity index (χ2v) is 7.45.